The van der Waals surface area contributed by atoms with Crippen LogP contribution in [0.2, 0.25) is 0 Å². The zero-order valence-electron chi connectivity index (χ0n) is 63.0. The van der Waals surface area contributed by atoms with Crippen LogP contribution in [-0.2, 0) is 40.4 Å². The number of esters is 3. The van der Waals surface area contributed by atoms with E-state index in [1.165, 1.54) is 127 Å². The summed E-state index contributed by atoms with van der Waals surface area (Å²) in [5.41, 5.74) is 20.6. The Bertz CT molecular complexity index is 5700. The largest absolute Gasteiger partial charge is 0.506 e. The Balaban J connectivity index is 0.000000155. The SMILES string of the molecule is COC(=O)c1ccc(N)c(O)c1.COC(=O)c1ccc(NC(=O)c2ccc(NCc3cccc(C)c3)nc2)c(O)c1.COC(=O)c1ccc2nc(-c3ccc(NCc4cccc(C)c4)nc3)oc2c1.Cc1cccc(CNc2ccc(-c3nc4ccc(C(=O)O)cc4o3)cn2)c1.Cc1cccc(CNc2ccc(C(=O)O)cn2)c1. The molecule has 0 unspecified atom stereocenters. The zero-order chi connectivity index (χ0) is 81.2. The van der Waals surface area contributed by atoms with Crippen LogP contribution in [0.5, 0.6) is 11.5 Å². The highest BCUT2D eigenvalue weighted by molar-refractivity contribution is 6.05. The number of rotatable bonds is 21. The number of nitrogens with one attached hydrogen (secondary N) is 5. The summed E-state index contributed by atoms with van der Waals surface area (Å²) in [4.78, 5) is 94.2. The Morgan fingerprint density at radius 2 is 0.719 bits per heavy atom. The molecule has 578 valence electrons. The first-order chi connectivity index (χ1) is 55.0. The van der Waals surface area contributed by atoms with Gasteiger partial charge >= 0.3 is 29.8 Å². The number of aromatic carboxylic acids is 2. The Hall–Kier alpha value is -15.3. The van der Waals surface area contributed by atoms with Crippen LogP contribution in [0.4, 0.5) is 34.6 Å². The third-order valence-electron chi connectivity index (χ3n) is 16.8. The fourth-order valence-electron chi connectivity index (χ4n) is 10.9. The topological polar surface area (TPSA) is 401 Å². The Kier molecular flexibility index (Phi) is 27.9. The van der Waals surface area contributed by atoms with Crippen molar-refractivity contribution in [3.05, 3.63) is 321 Å². The summed E-state index contributed by atoms with van der Waals surface area (Å²) >= 11 is 0. The molecule has 0 bridgehead atoms. The molecule has 6 heterocycles. The highest BCUT2D eigenvalue weighted by atomic mass is 16.5. The number of nitrogens with two attached hydrogens (primary N) is 1. The molecule has 0 saturated carbocycles. The highest BCUT2D eigenvalue weighted by Crippen LogP contribution is 2.30. The normalized spacial score (nSPS) is 10.4. The number of amides is 1. The number of nitrogen functional groups attached to an aromatic ring is 1. The average molecular weight is 1530 g/mol. The minimum absolute atomic E-state index is 0.113. The van der Waals surface area contributed by atoms with E-state index in [1.54, 1.807) is 54.9 Å². The van der Waals surface area contributed by atoms with Crippen molar-refractivity contribution in [3.8, 4) is 34.4 Å². The van der Waals surface area contributed by atoms with Gasteiger partial charge in [-0.15, -0.1) is 0 Å². The van der Waals surface area contributed by atoms with E-state index in [0.717, 1.165) is 28.3 Å². The van der Waals surface area contributed by atoms with Crippen LogP contribution in [0.3, 0.4) is 0 Å². The number of aryl methyl sites for hydroxylation is 4. The number of pyridine rings is 4. The molecule has 11 N–H and O–H groups in total. The fourth-order valence-corrected chi connectivity index (χ4v) is 10.9. The van der Waals surface area contributed by atoms with E-state index in [9.17, 15) is 33.9 Å². The summed E-state index contributed by atoms with van der Waals surface area (Å²) in [6.45, 7) is 10.9. The fraction of sp³-hybridized carbons (Fsp3) is 0.126. The predicted molar refractivity (Wildman–Crippen MR) is 433 cm³/mol. The molecule has 0 spiro atoms. The molecule has 27 heteroatoms. The Morgan fingerprint density at radius 3 is 1.07 bits per heavy atom. The summed E-state index contributed by atoms with van der Waals surface area (Å²) in [6.07, 6.45) is 6.20. The number of nitrogens with zero attached hydrogens (tertiary/aromatic N) is 6. The van der Waals surface area contributed by atoms with Crippen molar-refractivity contribution in [1.82, 2.24) is 29.9 Å². The van der Waals surface area contributed by atoms with Crippen molar-refractivity contribution in [2.45, 2.75) is 53.9 Å². The van der Waals surface area contributed by atoms with E-state index in [4.69, 9.17) is 34.6 Å². The van der Waals surface area contributed by atoms with Crippen LogP contribution in [0.15, 0.2) is 252 Å². The van der Waals surface area contributed by atoms with Gasteiger partial charge in [-0.1, -0.05) is 119 Å². The molecular formula is C87H80N12O15. The van der Waals surface area contributed by atoms with E-state index in [2.05, 4.69) is 128 Å². The van der Waals surface area contributed by atoms with Gasteiger partial charge in [-0.2, -0.15) is 0 Å². The minimum Gasteiger partial charge on any atom is -0.506 e. The number of phenols is 2. The third kappa shape index (κ3) is 23.4. The number of benzene rings is 8. The third-order valence-corrected chi connectivity index (χ3v) is 16.8. The van der Waals surface area contributed by atoms with Gasteiger partial charge in [-0.3, -0.25) is 4.79 Å². The van der Waals surface area contributed by atoms with Crippen molar-refractivity contribution < 1.29 is 72.2 Å². The number of oxazole rings is 2. The zero-order valence-corrected chi connectivity index (χ0v) is 63.0. The molecule has 27 nitrogen and oxygen atoms in total. The average Bonchev–Trinajstić information content (AvgIpc) is 1.67. The molecular weight excluding hydrogens is 1450 g/mol. The monoisotopic (exact) mass is 1530 g/mol. The van der Waals surface area contributed by atoms with Crippen LogP contribution >= 0.6 is 0 Å². The molecule has 0 saturated heterocycles. The van der Waals surface area contributed by atoms with E-state index in [-0.39, 0.29) is 45.1 Å². The highest BCUT2D eigenvalue weighted by Gasteiger charge is 2.17. The number of fused-ring (bicyclic) bond motifs is 2. The van der Waals surface area contributed by atoms with E-state index in [0.29, 0.717) is 82.9 Å². The summed E-state index contributed by atoms with van der Waals surface area (Å²) < 4.78 is 25.3. The van der Waals surface area contributed by atoms with Crippen molar-refractivity contribution >= 4 is 92.6 Å². The minimum atomic E-state index is -0.999. The maximum absolute atomic E-state index is 12.4. The van der Waals surface area contributed by atoms with Gasteiger partial charge in [0.15, 0.2) is 11.2 Å². The number of aromatic hydroxyl groups is 2. The maximum Gasteiger partial charge on any atom is 0.337 e. The Labute approximate surface area is 654 Å². The second-order valence-electron chi connectivity index (χ2n) is 25.5. The molecule has 0 aliphatic heterocycles. The summed E-state index contributed by atoms with van der Waals surface area (Å²) in [6, 6.07) is 65.0. The maximum atomic E-state index is 12.4. The number of carbonyl (C=O) groups excluding carboxylic acids is 4. The van der Waals surface area contributed by atoms with Gasteiger partial charge in [0.25, 0.3) is 5.91 Å². The van der Waals surface area contributed by atoms with E-state index in [1.807, 2.05) is 86.6 Å². The number of anilines is 6. The van der Waals surface area contributed by atoms with Crippen LogP contribution in [0.25, 0.3) is 45.1 Å². The first-order valence-corrected chi connectivity index (χ1v) is 35.2. The molecule has 114 heavy (non-hydrogen) atoms. The quantitative estimate of drug-likeness (QED) is 0.0138. The van der Waals surface area contributed by atoms with E-state index >= 15 is 0 Å². The van der Waals surface area contributed by atoms with Gasteiger partial charge in [0.2, 0.25) is 11.8 Å². The number of hydrogen-bond donors (Lipinski definition) is 10. The number of carboxylic acids is 2. The van der Waals surface area contributed by atoms with Gasteiger partial charge in [0.05, 0.1) is 77.2 Å². The smallest absolute Gasteiger partial charge is 0.337 e. The van der Waals surface area contributed by atoms with Gasteiger partial charge in [0, 0.05) is 51.0 Å². The standard InChI is InChI=1S/C22H21N3O4.C22H19N3O3.C21H17N3O3.C14H14N2O2.C8H9NO3/c1-14-4-3-5-15(10-14)12-23-20-9-7-17(13-24-20)21(27)25-18-8-6-16(11-19(18)26)22(28)29-2;1-14-4-3-5-15(10-14)12-23-20-9-7-17(13-24-20)21-25-18-8-6-16(22(26)27-2)11-19(18)28-21;1-13-3-2-4-14(9-13)11-22-19-8-6-16(12-23-19)20-24-17-7-5-15(21(25)26)10-18(17)27-20;1-10-3-2-4-11(7-10)8-15-13-6-5-12(9-16-13)14(17)18;1-12-8(11)5-2-3-6(9)7(10)4-5/h3-11,13,26H,12H2,1-2H3,(H,23,24)(H,25,27);3-11,13H,12H2,1-2H3,(H,23,24);2-10,12H,11H2,1H3,(H,22,23)(H,25,26);2-7,9H,8H2,1H3,(H,15,16)(H,17,18);2-4,10H,9H2,1H3. The molecule has 1 amide bonds. The number of phenolic OH excluding ortho intramolecular Hbond substituents is 2. The summed E-state index contributed by atoms with van der Waals surface area (Å²) in [7, 11) is 3.87. The lowest BCUT2D eigenvalue weighted by Crippen LogP contribution is -2.13. The van der Waals surface area contributed by atoms with Crippen molar-refractivity contribution in [2.75, 3.05) is 53.6 Å². The first kappa shape index (κ1) is 81.2. The summed E-state index contributed by atoms with van der Waals surface area (Å²) in [5, 5.41) is 52.5. The lowest BCUT2D eigenvalue weighted by molar-refractivity contribution is 0.0591. The molecule has 0 radical (unpaired) electrons. The van der Waals surface area contributed by atoms with Crippen LogP contribution in [-0.4, -0.2) is 107 Å². The second kappa shape index (κ2) is 39.2. The number of carboxylic acid groups (broad SMARTS) is 2. The molecule has 0 aliphatic carbocycles. The van der Waals surface area contributed by atoms with Gasteiger partial charge < -0.3 is 75.8 Å². The number of ether oxygens (including phenoxy) is 3. The van der Waals surface area contributed by atoms with Crippen molar-refractivity contribution in [1.29, 1.82) is 0 Å². The molecule has 0 fully saturated rings. The molecule has 14 aromatic rings. The van der Waals surface area contributed by atoms with Crippen LogP contribution < -0.4 is 32.3 Å². The molecule has 14 rings (SSSR count). The lowest BCUT2D eigenvalue weighted by Gasteiger charge is -2.10. The molecule has 0 aliphatic rings. The number of aromatic nitrogens is 6. The molecule has 0 atom stereocenters. The second-order valence-corrected chi connectivity index (χ2v) is 25.5. The van der Waals surface area contributed by atoms with Gasteiger partial charge in [-0.05, 0) is 171 Å². The first-order valence-electron chi connectivity index (χ1n) is 35.2. The number of methoxy groups -OCH3 is 3. The molecule has 6 aromatic heterocycles. The van der Waals surface area contributed by atoms with Gasteiger partial charge in [-0.25, -0.2) is 53.9 Å². The number of hydrogen-bond acceptors (Lipinski definition) is 24. The number of carbonyl (C=O) groups is 6. The van der Waals surface area contributed by atoms with Crippen molar-refractivity contribution in [2.24, 2.45) is 0 Å². The predicted octanol–water partition coefficient (Wildman–Crippen LogP) is 16.3. The summed E-state index contributed by atoms with van der Waals surface area (Å²) in [5.74, 6) is -0.513. The van der Waals surface area contributed by atoms with E-state index < -0.39 is 35.8 Å². The van der Waals surface area contributed by atoms with Crippen LogP contribution in [0, 0.1) is 27.7 Å². The van der Waals surface area contributed by atoms with Crippen molar-refractivity contribution in [3.63, 3.8) is 0 Å². The Morgan fingerprint density at radius 1 is 0.377 bits per heavy atom. The lowest BCUT2D eigenvalue weighted by atomic mass is 10.1. The van der Waals surface area contributed by atoms with Crippen LogP contribution in [0.1, 0.15) is 107 Å². The van der Waals surface area contributed by atoms with Gasteiger partial charge in [0.1, 0.15) is 45.8 Å². The molecule has 8 aromatic carbocycles.